The number of piperazine rings is 1. The van der Waals surface area contributed by atoms with E-state index in [-0.39, 0.29) is 29.9 Å². The molecule has 296 valence electrons. The Balaban J connectivity index is 1.07. The number of carboxylic acids is 1. The monoisotopic (exact) mass is 783 g/mol. The first kappa shape index (κ1) is 38.9. The minimum Gasteiger partial charge on any atom is -0.497 e. The second kappa shape index (κ2) is 17.6. The van der Waals surface area contributed by atoms with Crippen molar-refractivity contribution < 1.29 is 19.4 Å². The van der Waals surface area contributed by atoms with Crippen molar-refractivity contribution >= 4 is 46.4 Å². The van der Waals surface area contributed by atoms with Crippen LogP contribution in [0.3, 0.4) is 0 Å². The number of carbonyl (C=O) groups is 2. The second-order valence-corrected chi connectivity index (χ2v) is 13.7. The topological polar surface area (TPSA) is 234 Å². The number of carbonyl (C=O) groups excluding carboxylic acids is 1. The van der Waals surface area contributed by atoms with Gasteiger partial charge in [-0.2, -0.15) is 20.2 Å². The lowest BCUT2D eigenvalue weighted by atomic mass is 10.0. The van der Waals surface area contributed by atoms with Gasteiger partial charge >= 0.3 is 5.97 Å². The van der Waals surface area contributed by atoms with Gasteiger partial charge in [0.05, 0.1) is 29.8 Å². The number of nitrogens with zero attached hydrogens (tertiary/aromatic N) is 9. The molecule has 1 amide bonds. The minimum absolute atomic E-state index is 0.0625. The molecule has 1 fully saturated rings. The van der Waals surface area contributed by atoms with E-state index in [9.17, 15) is 24.8 Å². The average Bonchev–Trinajstić information content (AvgIpc) is 3.65. The van der Waals surface area contributed by atoms with Gasteiger partial charge in [-0.1, -0.05) is 24.3 Å². The highest BCUT2D eigenvalue weighted by Crippen LogP contribution is 2.22. The van der Waals surface area contributed by atoms with Crippen LogP contribution in [0.15, 0.2) is 83.9 Å². The quantitative estimate of drug-likeness (QED) is 0.101. The van der Waals surface area contributed by atoms with Crippen LogP contribution in [0.1, 0.15) is 33.0 Å². The highest BCUT2D eigenvalue weighted by Gasteiger charge is 2.25. The number of nitriles is 1. The van der Waals surface area contributed by atoms with Crippen LogP contribution in [-0.4, -0.2) is 115 Å². The Labute approximate surface area is 332 Å². The fraction of sp³-hybridized carbons (Fsp3) is 0.275. The van der Waals surface area contributed by atoms with Crippen molar-refractivity contribution in [3.8, 4) is 11.8 Å². The third-order valence-corrected chi connectivity index (χ3v) is 9.67. The highest BCUT2D eigenvalue weighted by atomic mass is 16.5. The van der Waals surface area contributed by atoms with E-state index in [1.54, 1.807) is 36.3 Å². The second-order valence-electron chi connectivity index (χ2n) is 13.7. The number of hydrogen-bond acceptors (Lipinski definition) is 14. The predicted molar refractivity (Wildman–Crippen MR) is 215 cm³/mol. The number of ether oxygens (including phenoxy) is 1. The van der Waals surface area contributed by atoms with Gasteiger partial charge in [0.25, 0.3) is 11.5 Å². The lowest BCUT2D eigenvalue weighted by molar-refractivity contribution is -0.137. The van der Waals surface area contributed by atoms with Crippen LogP contribution in [0.5, 0.6) is 5.75 Å². The number of nitrogens with one attached hydrogen (secondary N) is 4. The van der Waals surface area contributed by atoms with E-state index in [0.29, 0.717) is 62.9 Å². The molecule has 7 rings (SSSR count). The Morgan fingerprint density at radius 1 is 1.00 bits per heavy atom. The Morgan fingerprint density at radius 3 is 2.53 bits per heavy atom. The molecule has 18 heteroatoms. The zero-order valence-corrected chi connectivity index (χ0v) is 31.8. The molecule has 6 aromatic rings. The van der Waals surface area contributed by atoms with E-state index >= 15 is 0 Å². The summed E-state index contributed by atoms with van der Waals surface area (Å²) in [7, 11) is 3.45. The third-order valence-electron chi connectivity index (χ3n) is 9.67. The van der Waals surface area contributed by atoms with E-state index in [0.717, 1.165) is 33.7 Å². The number of fused-ring (bicyclic) bond motifs is 1. The largest absolute Gasteiger partial charge is 0.497 e. The van der Waals surface area contributed by atoms with Crippen molar-refractivity contribution in [1.29, 1.82) is 5.26 Å². The fourth-order valence-electron chi connectivity index (χ4n) is 6.52. The van der Waals surface area contributed by atoms with Gasteiger partial charge in [-0.15, -0.1) is 0 Å². The highest BCUT2D eigenvalue weighted by molar-refractivity contribution is 5.92. The van der Waals surface area contributed by atoms with E-state index in [4.69, 9.17) is 14.7 Å². The van der Waals surface area contributed by atoms with Crippen molar-refractivity contribution in [2.24, 2.45) is 0 Å². The zero-order valence-electron chi connectivity index (χ0n) is 31.8. The number of methoxy groups -OCH3 is 1. The van der Waals surface area contributed by atoms with Crippen LogP contribution in [0.25, 0.3) is 11.0 Å². The smallest absolute Gasteiger partial charge is 0.326 e. The van der Waals surface area contributed by atoms with Gasteiger partial charge in [0.15, 0.2) is 5.69 Å². The number of hydrogen-bond donors (Lipinski definition) is 5. The molecular formula is C40H41N13O5. The summed E-state index contributed by atoms with van der Waals surface area (Å²) in [6.07, 6.45) is 3.44. The summed E-state index contributed by atoms with van der Waals surface area (Å²) in [5, 5.41) is 25.6. The summed E-state index contributed by atoms with van der Waals surface area (Å²) < 4.78 is 5.34. The van der Waals surface area contributed by atoms with Gasteiger partial charge in [0, 0.05) is 83.3 Å². The van der Waals surface area contributed by atoms with Crippen molar-refractivity contribution in [1.82, 2.24) is 44.7 Å². The molecule has 0 saturated carbocycles. The Hall–Kier alpha value is -7.39. The molecule has 4 heterocycles. The Kier molecular flexibility index (Phi) is 11.8. The molecule has 1 atom stereocenters. The molecule has 0 aliphatic carbocycles. The van der Waals surface area contributed by atoms with Gasteiger partial charge in [0.2, 0.25) is 17.8 Å². The molecule has 18 nitrogen and oxygen atoms in total. The van der Waals surface area contributed by atoms with E-state index in [1.807, 2.05) is 54.4 Å². The zero-order chi connectivity index (χ0) is 40.6. The first-order valence-corrected chi connectivity index (χ1v) is 18.5. The molecule has 1 aliphatic rings. The number of benzene rings is 3. The van der Waals surface area contributed by atoms with Crippen LogP contribution in [0, 0.1) is 11.3 Å². The summed E-state index contributed by atoms with van der Waals surface area (Å²) in [5.41, 5.74) is 3.97. The maximum absolute atomic E-state index is 12.9. The third kappa shape index (κ3) is 9.52. The lowest BCUT2D eigenvalue weighted by Crippen LogP contribution is -2.49. The minimum atomic E-state index is -1.10. The van der Waals surface area contributed by atoms with Gasteiger partial charge in [0.1, 0.15) is 17.6 Å². The van der Waals surface area contributed by atoms with Crippen molar-refractivity contribution in [3.63, 3.8) is 0 Å². The number of imidazole rings is 1. The van der Waals surface area contributed by atoms with Crippen LogP contribution < -0.4 is 25.8 Å². The number of likely N-dealkylation sites (N-methyl/N-ethyl adjacent to an activating group) is 1. The van der Waals surface area contributed by atoms with E-state index in [1.165, 1.54) is 12.4 Å². The number of aromatic amines is 2. The van der Waals surface area contributed by atoms with Gasteiger partial charge in [-0.3, -0.25) is 14.5 Å². The van der Waals surface area contributed by atoms with Crippen LogP contribution in [0.4, 0.5) is 23.5 Å². The molecule has 3 aromatic heterocycles. The van der Waals surface area contributed by atoms with Crippen LogP contribution in [0.2, 0.25) is 0 Å². The molecule has 1 aliphatic heterocycles. The molecule has 5 N–H and O–H groups in total. The Bertz CT molecular complexity index is 2510. The van der Waals surface area contributed by atoms with Crippen molar-refractivity contribution in [2.75, 3.05) is 62.4 Å². The number of anilines is 4. The fourth-order valence-corrected chi connectivity index (χ4v) is 6.52. The van der Waals surface area contributed by atoms with Crippen molar-refractivity contribution in [2.45, 2.75) is 25.4 Å². The first-order chi connectivity index (χ1) is 28.1. The number of H-pyrrole nitrogens is 2. The summed E-state index contributed by atoms with van der Waals surface area (Å²) in [6, 6.07) is 21.1. The molecule has 0 radical (unpaired) electrons. The number of rotatable bonds is 15. The maximum atomic E-state index is 12.9. The molecule has 0 bridgehead atoms. The molecule has 58 heavy (non-hydrogen) atoms. The van der Waals surface area contributed by atoms with Gasteiger partial charge in [-0.05, 0) is 47.5 Å². The molecule has 3 aromatic carbocycles. The average molecular weight is 784 g/mol. The summed E-state index contributed by atoms with van der Waals surface area (Å²) >= 11 is 0. The molecule has 1 saturated heterocycles. The van der Waals surface area contributed by atoms with Crippen molar-refractivity contribution in [3.05, 3.63) is 118 Å². The maximum Gasteiger partial charge on any atom is 0.326 e. The number of amides is 1. The Morgan fingerprint density at radius 2 is 1.79 bits per heavy atom. The molecule has 0 spiro atoms. The van der Waals surface area contributed by atoms with Gasteiger partial charge in [-0.25, -0.2) is 14.8 Å². The normalized spacial score (nSPS) is 13.4. The van der Waals surface area contributed by atoms with Crippen LogP contribution >= 0.6 is 0 Å². The van der Waals surface area contributed by atoms with E-state index in [2.05, 4.69) is 46.5 Å². The van der Waals surface area contributed by atoms with E-state index < -0.39 is 17.6 Å². The first-order valence-electron chi connectivity index (χ1n) is 18.5. The SMILES string of the molecule is COc1ccc2nc(CCN(C)c3nc(Nc4cccc(CN5CCN(C(=O)c6ncc[nH]c6=O)CC5)c4)nc(NC(Cc4ccc(C#N)cc4)C(=O)O)n3)[nH]c2c1. The number of aliphatic carboxylic acids is 1. The predicted octanol–water partition coefficient (Wildman–Crippen LogP) is 3.20. The number of aromatic nitrogens is 7. The molecule has 1 unspecified atom stereocenters. The summed E-state index contributed by atoms with van der Waals surface area (Å²) in [6.45, 7) is 3.22. The van der Waals surface area contributed by atoms with Gasteiger partial charge < -0.3 is 40.2 Å². The summed E-state index contributed by atoms with van der Waals surface area (Å²) in [5.74, 6) is 0.572. The standard InChI is InChI=1S/C40H41N13O5/c1-51(15-12-33-45-30-11-10-29(58-2)22-31(30)46-33)40-49-38(48-39(50-40)47-32(37(56)57)21-25-6-8-26(23-41)9-7-25)44-28-5-3-4-27(20-28)24-52-16-18-53(19-17-52)36(55)34-35(54)43-14-13-42-34/h3-11,13-14,20,22,32H,12,15-19,21,24H2,1-2H3,(H,43,54)(H,45,46)(H,56,57)(H2,44,47,48,49,50). The van der Waals surface area contributed by atoms with Crippen LogP contribution in [-0.2, 0) is 24.2 Å². The number of carboxylic acid groups (broad SMARTS) is 1. The lowest BCUT2D eigenvalue weighted by Gasteiger charge is -2.34. The summed E-state index contributed by atoms with van der Waals surface area (Å²) in [4.78, 5) is 71.6. The molecular weight excluding hydrogens is 743 g/mol.